The lowest BCUT2D eigenvalue weighted by Gasteiger charge is -2.45. The van der Waals surface area contributed by atoms with E-state index in [2.05, 4.69) is 11.0 Å². The van der Waals surface area contributed by atoms with Crippen molar-refractivity contribution in [2.75, 3.05) is 20.1 Å². The van der Waals surface area contributed by atoms with Crippen LogP contribution in [0.4, 0.5) is 0 Å². The van der Waals surface area contributed by atoms with Gasteiger partial charge < -0.3 is 5.11 Å². The average molecular weight is 310 g/mol. The van der Waals surface area contributed by atoms with Crippen LogP contribution in [0.15, 0.2) is 12.1 Å². The smallest absolute Gasteiger partial charge is 0.234 e. The van der Waals surface area contributed by atoms with Crippen LogP contribution in [0.25, 0.3) is 0 Å². The molecule has 2 aliphatic rings. The van der Waals surface area contributed by atoms with E-state index in [1.54, 1.807) is 11.4 Å². The molecule has 5 nitrogen and oxygen atoms in total. The summed E-state index contributed by atoms with van der Waals surface area (Å²) in [6.45, 7) is 3.87. The maximum Gasteiger partial charge on any atom is 0.234 e. The number of nitrogens with zero attached hydrogens (tertiary/aromatic N) is 2. The van der Waals surface area contributed by atoms with Crippen LogP contribution < -0.4 is 0 Å². The minimum Gasteiger partial charge on any atom is -0.508 e. The number of phenolic OH excluding ortho intramolecular Hbond substituents is 1. The summed E-state index contributed by atoms with van der Waals surface area (Å²) in [6, 6.07) is 4.38. The zero-order valence-electron chi connectivity index (χ0n) is 12.5. The number of aryl methyl sites for hydroxylation is 1. The Morgan fingerprint density at radius 1 is 1.38 bits per heavy atom. The van der Waals surface area contributed by atoms with Gasteiger partial charge in [0.15, 0.2) is 0 Å². The molecule has 0 aliphatic carbocycles. The molecule has 3 unspecified atom stereocenters. The van der Waals surface area contributed by atoms with Gasteiger partial charge in [0.1, 0.15) is 5.75 Å². The fourth-order valence-electron chi connectivity index (χ4n) is 3.60. The van der Waals surface area contributed by atoms with Crippen LogP contribution in [-0.2, 0) is 17.7 Å². The van der Waals surface area contributed by atoms with Crippen LogP contribution in [0.3, 0.4) is 0 Å². The molecule has 1 aromatic carbocycles. The van der Waals surface area contributed by atoms with Gasteiger partial charge in [-0.3, -0.25) is 9.45 Å². The van der Waals surface area contributed by atoms with Crippen molar-refractivity contribution < 1.29 is 13.9 Å². The van der Waals surface area contributed by atoms with Gasteiger partial charge in [-0.1, -0.05) is 6.07 Å². The maximum absolute atomic E-state index is 11.3. The normalized spacial score (nSPS) is 27.2. The third kappa shape index (κ3) is 2.73. The van der Waals surface area contributed by atoms with Gasteiger partial charge >= 0.3 is 0 Å². The Bertz CT molecular complexity index is 578. The molecule has 3 rings (SSSR count). The van der Waals surface area contributed by atoms with Crippen LogP contribution in [-0.4, -0.2) is 49.3 Å². The summed E-state index contributed by atoms with van der Waals surface area (Å²) in [5, 5.41) is 9.89. The van der Waals surface area contributed by atoms with E-state index in [-0.39, 0.29) is 12.1 Å². The predicted molar refractivity (Wildman–Crippen MR) is 82.4 cm³/mol. The summed E-state index contributed by atoms with van der Waals surface area (Å²) in [5.41, 5.74) is 3.39. The van der Waals surface area contributed by atoms with E-state index in [4.69, 9.17) is 0 Å². The van der Waals surface area contributed by atoms with Crippen molar-refractivity contribution in [2.24, 2.45) is 0 Å². The van der Waals surface area contributed by atoms with E-state index in [1.165, 1.54) is 11.1 Å². The van der Waals surface area contributed by atoms with Crippen molar-refractivity contribution in [2.45, 2.75) is 38.3 Å². The average Bonchev–Trinajstić information content (AvgIpc) is 2.47. The number of rotatable bonds is 2. The van der Waals surface area contributed by atoms with Crippen molar-refractivity contribution in [3.63, 3.8) is 0 Å². The highest BCUT2D eigenvalue weighted by atomic mass is 32.2. The number of hydrogen-bond donors (Lipinski definition) is 2. The summed E-state index contributed by atoms with van der Waals surface area (Å²) in [5.74, 6) is 0.364. The van der Waals surface area contributed by atoms with Crippen molar-refractivity contribution >= 4 is 11.3 Å². The first-order chi connectivity index (χ1) is 9.97. The van der Waals surface area contributed by atoms with Crippen LogP contribution >= 0.6 is 0 Å². The molecule has 0 amide bonds. The zero-order chi connectivity index (χ0) is 15.1. The van der Waals surface area contributed by atoms with E-state index in [0.29, 0.717) is 5.75 Å². The molecule has 0 radical (unpaired) electrons. The Balaban J connectivity index is 1.90. The lowest BCUT2D eigenvalue weighted by Crippen LogP contribution is -2.47. The Morgan fingerprint density at radius 3 is 2.86 bits per heavy atom. The highest BCUT2D eigenvalue weighted by molar-refractivity contribution is 7.76. The molecule has 3 atom stereocenters. The van der Waals surface area contributed by atoms with Crippen LogP contribution in [0.1, 0.15) is 35.6 Å². The van der Waals surface area contributed by atoms with E-state index in [1.807, 2.05) is 13.0 Å². The maximum atomic E-state index is 11.3. The minimum absolute atomic E-state index is 0.122. The Kier molecular flexibility index (Phi) is 4.05. The molecule has 2 aliphatic heterocycles. The number of hydrogen-bond acceptors (Lipinski definition) is 3. The van der Waals surface area contributed by atoms with Crippen molar-refractivity contribution in [3.05, 3.63) is 28.8 Å². The second-order valence-corrected chi connectivity index (χ2v) is 7.13. The van der Waals surface area contributed by atoms with Gasteiger partial charge in [0.05, 0.1) is 0 Å². The molecule has 2 N–H and O–H groups in total. The molecular weight excluding hydrogens is 288 g/mol. The van der Waals surface area contributed by atoms with Gasteiger partial charge in [-0.25, -0.2) is 8.51 Å². The molecule has 1 fully saturated rings. The molecule has 1 aromatic rings. The Morgan fingerprint density at radius 2 is 2.14 bits per heavy atom. The van der Waals surface area contributed by atoms with E-state index < -0.39 is 11.3 Å². The van der Waals surface area contributed by atoms with Crippen LogP contribution in [0, 0.1) is 6.92 Å². The summed E-state index contributed by atoms with van der Waals surface area (Å²) >= 11 is -1.91. The molecular formula is C15H22N2O3S. The van der Waals surface area contributed by atoms with Gasteiger partial charge in [-0.05, 0) is 48.9 Å². The first kappa shape index (κ1) is 15.0. The predicted octanol–water partition coefficient (Wildman–Crippen LogP) is 1.83. The third-order valence-corrected chi connectivity index (χ3v) is 5.72. The molecule has 0 aromatic heterocycles. The SMILES string of the molecule is Cc1cc2c(cc1O)CCN1CCC(N(C)S(=O)O)CC21. The topological polar surface area (TPSA) is 64.0 Å². The monoisotopic (exact) mass is 310 g/mol. The highest BCUT2D eigenvalue weighted by Crippen LogP contribution is 2.40. The molecule has 0 bridgehead atoms. The second-order valence-electron chi connectivity index (χ2n) is 6.09. The fourth-order valence-corrected chi connectivity index (χ4v) is 4.04. The number of fused-ring (bicyclic) bond motifs is 3. The highest BCUT2D eigenvalue weighted by Gasteiger charge is 2.36. The molecule has 21 heavy (non-hydrogen) atoms. The quantitative estimate of drug-likeness (QED) is 0.818. The standard InChI is InChI=1S/C15H22N2O3S/c1-10-7-13-11(8-15(10)18)3-5-17-6-4-12(9-14(13)17)16(2)21(19)20/h7-8,12,14,18H,3-6,9H2,1-2H3,(H,19,20). The third-order valence-electron chi connectivity index (χ3n) is 4.93. The minimum atomic E-state index is -1.91. The molecule has 0 saturated carbocycles. The summed E-state index contributed by atoms with van der Waals surface area (Å²) in [4.78, 5) is 2.46. The number of phenols is 1. The largest absolute Gasteiger partial charge is 0.508 e. The summed E-state index contributed by atoms with van der Waals surface area (Å²) < 4.78 is 22.1. The van der Waals surface area contributed by atoms with Crippen molar-refractivity contribution in [3.8, 4) is 5.75 Å². The van der Waals surface area contributed by atoms with Gasteiger partial charge in [0.25, 0.3) is 0 Å². The number of benzene rings is 1. The van der Waals surface area contributed by atoms with Crippen molar-refractivity contribution in [1.82, 2.24) is 9.21 Å². The van der Waals surface area contributed by atoms with Crippen molar-refractivity contribution in [1.29, 1.82) is 0 Å². The molecule has 2 heterocycles. The lowest BCUT2D eigenvalue weighted by atomic mass is 9.84. The second kappa shape index (κ2) is 5.68. The lowest BCUT2D eigenvalue weighted by molar-refractivity contribution is 0.0964. The van der Waals surface area contributed by atoms with E-state index >= 15 is 0 Å². The number of aromatic hydroxyl groups is 1. The summed E-state index contributed by atoms with van der Waals surface area (Å²) in [6.07, 6.45) is 2.75. The fraction of sp³-hybridized carbons (Fsp3) is 0.600. The van der Waals surface area contributed by atoms with E-state index in [9.17, 15) is 13.9 Å². The first-order valence-corrected chi connectivity index (χ1v) is 8.44. The molecule has 0 spiro atoms. The number of piperidine rings is 1. The molecule has 116 valence electrons. The Labute approximate surface area is 128 Å². The first-order valence-electron chi connectivity index (χ1n) is 7.37. The van der Waals surface area contributed by atoms with Gasteiger partial charge in [0.2, 0.25) is 11.3 Å². The summed E-state index contributed by atoms with van der Waals surface area (Å²) in [7, 11) is 1.71. The van der Waals surface area contributed by atoms with Crippen LogP contribution in [0.2, 0.25) is 0 Å². The van der Waals surface area contributed by atoms with Crippen LogP contribution in [0.5, 0.6) is 5.75 Å². The Hall–Kier alpha value is -0.950. The molecule has 1 saturated heterocycles. The van der Waals surface area contributed by atoms with Gasteiger partial charge in [0, 0.05) is 32.2 Å². The van der Waals surface area contributed by atoms with Gasteiger partial charge in [-0.2, -0.15) is 0 Å². The zero-order valence-corrected chi connectivity index (χ0v) is 13.3. The molecule has 6 heteroatoms. The van der Waals surface area contributed by atoms with Gasteiger partial charge in [-0.15, -0.1) is 0 Å². The van der Waals surface area contributed by atoms with E-state index in [0.717, 1.165) is 37.9 Å².